The number of aliphatic hydroxyl groups excluding tert-OH is 1. The van der Waals surface area contributed by atoms with Crippen molar-refractivity contribution in [1.29, 1.82) is 0 Å². The fraction of sp³-hybridized carbons (Fsp3) is 0.500. The number of aromatic nitrogens is 3. The zero-order valence-corrected chi connectivity index (χ0v) is 12.4. The molecule has 0 aliphatic heterocycles. The summed E-state index contributed by atoms with van der Waals surface area (Å²) in [4.78, 5) is 27.9. The van der Waals surface area contributed by atoms with Crippen LogP contribution >= 0.6 is 0 Å². The molecular formula is C14H16F3N3O3. The maximum Gasteiger partial charge on any atom is 0.433 e. The maximum atomic E-state index is 12.7. The Balaban J connectivity index is 2.53. The van der Waals surface area contributed by atoms with Crippen molar-refractivity contribution >= 4 is 11.0 Å². The van der Waals surface area contributed by atoms with E-state index < -0.39 is 23.1 Å². The van der Waals surface area contributed by atoms with E-state index in [9.17, 15) is 22.8 Å². The van der Waals surface area contributed by atoms with Crippen molar-refractivity contribution in [2.75, 3.05) is 6.61 Å². The van der Waals surface area contributed by atoms with Gasteiger partial charge in [0.2, 0.25) is 0 Å². The van der Waals surface area contributed by atoms with Gasteiger partial charge < -0.3 is 5.11 Å². The largest absolute Gasteiger partial charge is 0.433 e. The van der Waals surface area contributed by atoms with E-state index in [0.717, 1.165) is 21.3 Å². The highest BCUT2D eigenvalue weighted by Crippen LogP contribution is 2.28. The zero-order chi connectivity index (χ0) is 17.2. The second kappa shape index (κ2) is 6.53. The third kappa shape index (κ3) is 3.44. The molecule has 0 spiro atoms. The number of hydrogen-bond donors (Lipinski definition) is 1. The average Bonchev–Trinajstić information content (AvgIpc) is 2.50. The quantitative estimate of drug-likeness (QED) is 0.837. The molecule has 126 valence electrons. The van der Waals surface area contributed by atoms with Gasteiger partial charge in [-0.15, -0.1) is 0 Å². The lowest BCUT2D eigenvalue weighted by Gasteiger charge is -2.12. The van der Waals surface area contributed by atoms with Crippen LogP contribution in [0.25, 0.3) is 11.0 Å². The molecule has 0 aromatic carbocycles. The first-order valence-electron chi connectivity index (χ1n) is 7.06. The topological polar surface area (TPSA) is 77.1 Å². The number of rotatable bonds is 5. The molecule has 2 aromatic heterocycles. The van der Waals surface area contributed by atoms with Crippen LogP contribution in [0.4, 0.5) is 13.2 Å². The van der Waals surface area contributed by atoms with E-state index in [2.05, 4.69) is 4.98 Å². The number of halogens is 3. The number of nitrogens with zero attached hydrogens (tertiary/aromatic N) is 3. The van der Waals surface area contributed by atoms with Gasteiger partial charge in [-0.1, -0.05) is 0 Å². The summed E-state index contributed by atoms with van der Waals surface area (Å²) in [7, 11) is 1.28. The SMILES string of the molecule is Cn1c(=O)n(CCCCCO)c(=O)c2ccc(C(F)(F)F)nc21. The molecule has 1 N–H and O–H groups in total. The van der Waals surface area contributed by atoms with Crippen molar-refractivity contribution in [2.24, 2.45) is 7.05 Å². The Labute approximate surface area is 128 Å². The molecule has 6 nitrogen and oxygen atoms in total. The van der Waals surface area contributed by atoms with Crippen LogP contribution in [0.5, 0.6) is 0 Å². The molecular weight excluding hydrogens is 315 g/mol. The number of alkyl halides is 3. The number of unbranched alkanes of at least 4 members (excludes halogenated alkanes) is 2. The Hall–Kier alpha value is -2.16. The number of fused-ring (bicyclic) bond motifs is 1. The predicted octanol–water partition coefficient (Wildman–Crippen LogP) is 1.28. The Bertz CT molecular complexity index is 824. The van der Waals surface area contributed by atoms with Crippen molar-refractivity contribution < 1.29 is 18.3 Å². The molecule has 2 rings (SSSR count). The summed E-state index contributed by atoms with van der Waals surface area (Å²) in [5.41, 5.74) is -2.81. The predicted molar refractivity (Wildman–Crippen MR) is 77.2 cm³/mol. The molecule has 2 aromatic rings. The molecule has 0 amide bonds. The summed E-state index contributed by atoms with van der Waals surface area (Å²) in [6.45, 7) is 0.164. The van der Waals surface area contributed by atoms with E-state index in [1.165, 1.54) is 7.05 Å². The van der Waals surface area contributed by atoms with Gasteiger partial charge in [0, 0.05) is 20.2 Å². The Morgan fingerprint density at radius 2 is 1.87 bits per heavy atom. The summed E-state index contributed by atoms with van der Waals surface area (Å²) in [6, 6.07) is 1.77. The highest BCUT2D eigenvalue weighted by Gasteiger charge is 2.33. The van der Waals surface area contributed by atoms with Gasteiger partial charge in [-0.2, -0.15) is 13.2 Å². The second-order valence-corrected chi connectivity index (χ2v) is 5.15. The lowest BCUT2D eigenvalue weighted by atomic mass is 10.2. The number of hydrogen-bond acceptors (Lipinski definition) is 4. The summed E-state index contributed by atoms with van der Waals surface area (Å²) >= 11 is 0. The van der Waals surface area contributed by atoms with Crippen molar-refractivity contribution in [3.05, 3.63) is 38.7 Å². The van der Waals surface area contributed by atoms with E-state index in [4.69, 9.17) is 5.11 Å². The van der Waals surface area contributed by atoms with Gasteiger partial charge in [0.25, 0.3) is 5.56 Å². The molecule has 0 bridgehead atoms. The third-order valence-electron chi connectivity index (χ3n) is 3.52. The first-order valence-corrected chi connectivity index (χ1v) is 7.06. The summed E-state index contributed by atoms with van der Waals surface area (Å²) in [5, 5.41) is 8.68. The lowest BCUT2D eigenvalue weighted by Crippen LogP contribution is -2.39. The minimum atomic E-state index is -4.65. The van der Waals surface area contributed by atoms with Gasteiger partial charge in [-0.05, 0) is 31.4 Å². The zero-order valence-electron chi connectivity index (χ0n) is 12.4. The normalized spacial score (nSPS) is 12.0. The Morgan fingerprint density at radius 1 is 1.17 bits per heavy atom. The van der Waals surface area contributed by atoms with Gasteiger partial charge in [0.1, 0.15) is 11.3 Å². The van der Waals surface area contributed by atoms with Crippen molar-refractivity contribution in [2.45, 2.75) is 32.0 Å². The first-order chi connectivity index (χ1) is 10.8. The molecule has 0 fully saturated rings. The third-order valence-corrected chi connectivity index (χ3v) is 3.52. The molecule has 0 radical (unpaired) electrons. The van der Waals surface area contributed by atoms with Crippen LogP contribution < -0.4 is 11.2 Å². The van der Waals surface area contributed by atoms with Crippen LogP contribution in [0.15, 0.2) is 21.7 Å². The van der Waals surface area contributed by atoms with E-state index >= 15 is 0 Å². The minimum absolute atomic E-state index is 0.0226. The average molecular weight is 331 g/mol. The van der Waals surface area contributed by atoms with Gasteiger partial charge >= 0.3 is 11.9 Å². The summed E-state index contributed by atoms with van der Waals surface area (Å²) < 4.78 is 40.1. The monoisotopic (exact) mass is 331 g/mol. The van der Waals surface area contributed by atoms with Gasteiger partial charge in [-0.25, -0.2) is 9.78 Å². The molecule has 2 heterocycles. The number of aryl methyl sites for hydroxylation is 1. The van der Waals surface area contributed by atoms with Gasteiger partial charge in [0.05, 0.1) is 5.39 Å². The summed E-state index contributed by atoms with van der Waals surface area (Å²) in [6.07, 6.45) is -2.95. The highest BCUT2D eigenvalue weighted by atomic mass is 19.4. The molecule has 23 heavy (non-hydrogen) atoms. The van der Waals surface area contributed by atoms with E-state index in [1.54, 1.807) is 0 Å². The number of aliphatic hydroxyl groups is 1. The van der Waals surface area contributed by atoms with Crippen molar-refractivity contribution in [1.82, 2.24) is 14.1 Å². The molecule has 0 atom stereocenters. The van der Waals surface area contributed by atoms with Crippen LogP contribution in [-0.4, -0.2) is 25.8 Å². The fourth-order valence-electron chi connectivity index (χ4n) is 2.29. The standard InChI is InChI=1S/C14H16F3N3O3/c1-19-11-9(5-6-10(18-11)14(15,16)17)12(22)20(13(19)23)7-3-2-4-8-21/h5-6,21H,2-4,7-8H2,1H3. The molecule has 0 saturated heterocycles. The van der Waals surface area contributed by atoms with Crippen LogP contribution in [0.1, 0.15) is 25.0 Å². The first kappa shape index (κ1) is 17.2. The number of pyridine rings is 1. The highest BCUT2D eigenvalue weighted by molar-refractivity contribution is 5.74. The molecule has 0 saturated carbocycles. The van der Waals surface area contributed by atoms with Crippen LogP contribution in [0, 0.1) is 0 Å². The molecule has 0 aliphatic carbocycles. The Kier molecular flexibility index (Phi) is 4.88. The van der Waals surface area contributed by atoms with Crippen LogP contribution in [0.2, 0.25) is 0 Å². The smallest absolute Gasteiger partial charge is 0.396 e. The van der Waals surface area contributed by atoms with E-state index in [1.807, 2.05) is 0 Å². The van der Waals surface area contributed by atoms with Gasteiger partial charge in [-0.3, -0.25) is 13.9 Å². The Morgan fingerprint density at radius 3 is 2.48 bits per heavy atom. The molecule has 9 heteroatoms. The van der Waals surface area contributed by atoms with Gasteiger partial charge in [0.15, 0.2) is 0 Å². The second-order valence-electron chi connectivity index (χ2n) is 5.15. The fourth-order valence-corrected chi connectivity index (χ4v) is 2.29. The van der Waals surface area contributed by atoms with Crippen molar-refractivity contribution in [3.63, 3.8) is 0 Å². The van der Waals surface area contributed by atoms with E-state index in [0.29, 0.717) is 19.3 Å². The van der Waals surface area contributed by atoms with Crippen LogP contribution in [-0.2, 0) is 19.8 Å². The van der Waals surface area contributed by atoms with Crippen molar-refractivity contribution in [3.8, 4) is 0 Å². The van der Waals surface area contributed by atoms with Crippen LogP contribution in [0.3, 0.4) is 0 Å². The minimum Gasteiger partial charge on any atom is -0.396 e. The lowest BCUT2D eigenvalue weighted by molar-refractivity contribution is -0.141. The molecule has 0 aliphatic rings. The van der Waals surface area contributed by atoms with E-state index in [-0.39, 0.29) is 24.2 Å². The maximum absolute atomic E-state index is 12.7. The molecule has 0 unspecified atom stereocenters. The summed E-state index contributed by atoms with van der Waals surface area (Å²) in [5.74, 6) is 0.